The summed E-state index contributed by atoms with van der Waals surface area (Å²) in [5.41, 5.74) is 1.98. The van der Waals surface area contributed by atoms with Gasteiger partial charge in [-0.15, -0.1) is 0 Å². The number of aromatic nitrogens is 2. The standard InChI is InChI=1S/C25H27FN6O2S/c1-16(8-9-17-6-4-3-5-7-17)21-11-10-20-22(35(28,34)31-21)15-32(2)24(20)25(33)30-18-12-19(14-27)29-23(26)13-18/h3-7,12-13,15-16,21H,8-11H2,1-2H3,(H2,28,31,34)(H,29,30,33)/t16-,21+,35?/m0/s1. The summed E-state index contributed by atoms with van der Waals surface area (Å²) in [4.78, 5) is 16.9. The van der Waals surface area contributed by atoms with Crippen LogP contribution >= 0.6 is 0 Å². The number of nitriles is 1. The van der Waals surface area contributed by atoms with Crippen molar-refractivity contribution in [3.8, 4) is 6.07 Å². The highest BCUT2D eigenvalue weighted by atomic mass is 32.2. The Labute approximate surface area is 204 Å². The molecule has 1 aliphatic rings. The number of carbonyl (C=O) groups is 1. The second kappa shape index (κ2) is 9.98. The zero-order valence-electron chi connectivity index (χ0n) is 19.5. The van der Waals surface area contributed by atoms with Gasteiger partial charge in [-0.05, 0) is 43.2 Å². The predicted molar refractivity (Wildman–Crippen MR) is 131 cm³/mol. The van der Waals surface area contributed by atoms with E-state index in [1.54, 1.807) is 19.3 Å². The minimum Gasteiger partial charge on any atom is -0.345 e. The molecule has 3 N–H and O–H groups in total. The molecule has 0 bridgehead atoms. The van der Waals surface area contributed by atoms with E-state index in [4.69, 9.17) is 10.0 Å². The number of carbonyl (C=O) groups excluding carboxylic acids is 1. The van der Waals surface area contributed by atoms with E-state index < -0.39 is 21.8 Å². The van der Waals surface area contributed by atoms with Crippen molar-refractivity contribution in [2.45, 2.75) is 43.5 Å². The van der Waals surface area contributed by atoms with Crippen molar-refractivity contribution in [2.75, 3.05) is 5.32 Å². The van der Waals surface area contributed by atoms with Crippen molar-refractivity contribution in [2.24, 2.45) is 13.0 Å². The maximum atomic E-state index is 13.7. The third-order valence-electron chi connectivity index (χ3n) is 6.38. The van der Waals surface area contributed by atoms with E-state index in [0.717, 1.165) is 18.9 Å². The summed E-state index contributed by atoms with van der Waals surface area (Å²) >= 11 is 0. The highest BCUT2D eigenvalue weighted by Crippen LogP contribution is 2.31. The summed E-state index contributed by atoms with van der Waals surface area (Å²) < 4.78 is 40.3. The zero-order valence-corrected chi connectivity index (χ0v) is 20.4. The van der Waals surface area contributed by atoms with Gasteiger partial charge in [-0.25, -0.2) is 18.7 Å². The van der Waals surface area contributed by atoms with Crippen LogP contribution in [0.25, 0.3) is 0 Å². The molecule has 0 aliphatic carbocycles. The molecular weight excluding hydrogens is 467 g/mol. The molecule has 1 amide bonds. The molecule has 4 rings (SSSR count). The first-order valence-corrected chi connectivity index (χ1v) is 12.9. The molecule has 182 valence electrons. The zero-order chi connectivity index (χ0) is 25.2. The first-order valence-electron chi connectivity index (χ1n) is 11.3. The number of nitrogens with one attached hydrogen (secondary N) is 3. The number of nitrogens with zero attached hydrogens (tertiary/aromatic N) is 3. The van der Waals surface area contributed by atoms with Crippen LogP contribution in [0.3, 0.4) is 0 Å². The number of hydrogen-bond acceptors (Lipinski definition) is 5. The van der Waals surface area contributed by atoms with Gasteiger partial charge in [0.1, 0.15) is 27.4 Å². The van der Waals surface area contributed by atoms with Crippen LogP contribution in [0, 0.1) is 28.0 Å². The highest BCUT2D eigenvalue weighted by Gasteiger charge is 2.32. The molecule has 0 fully saturated rings. The van der Waals surface area contributed by atoms with Crippen molar-refractivity contribution in [3.63, 3.8) is 0 Å². The van der Waals surface area contributed by atoms with Crippen LogP contribution in [0.2, 0.25) is 0 Å². The van der Waals surface area contributed by atoms with Gasteiger partial charge in [-0.3, -0.25) is 4.79 Å². The minimum atomic E-state index is -3.34. The molecule has 35 heavy (non-hydrogen) atoms. The molecule has 10 heteroatoms. The number of amides is 1. The Morgan fingerprint density at radius 3 is 2.86 bits per heavy atom. The van der Waals surface area contributed by atoms with E-state index >= 15 is 0 Å². The number of hydrogen-bond donors (Lipinski definition) is 3. The number of anilines is 1. The monoisotopic (exact) mass is 494 g/mol. The average molecular weight is 495 g/mol. The number of benzene rings is 1. The molecule has 3 atom stereocenters. The summed E-state index contributed by atoms with van der Waals surface area (Å²) in [5.74, 6) is -1.25. The van der Waals surface area contributed by atoms with Crippen LogP contribution < -0.4 is 10.0 Å². The first-order chi connectivity index (χ1) is 16.7. The van der Waals surface area contributed by atoms with Crippen LogP contribution in [0.15, 0.2) is 53.6 Å². The van der Waals surface area contributed by atoms with Gasteiger partial charge < -0.3 is 9.88 Å². The largest absolute Gasteiger partial charge is 0.345 e. The Balaban J connectivity index is 1.55. The second-order valence-electron chi connectivity index (χ2n) is 8.88. The smallest absolute Gasteiger partial charge is 0.272 e. The molecule has 0 spiro atoms. The quantitative estimate of drug-likeness (QED) is 0.445. The fraction of sp³-hybridized carbons (Fsp3) is 0.320. The van der Waals surface area contributed by atoms with E-state index in [0.29, 0.717) is 23.3 Å². The van der Waals surface area contributed by atoms with Gasteiger partial charge in [0.25, 0.3) is 5.91 Å². The van der Waals surface area contributed by atoms with Gasteiger partial charge in [0.05, 0.1) is 4.90 Å². The molecular formula is C25H27FN6O2S. The summed E-state index contributed by atoms with van der Waals surface area (Å²) in [6.07, 6.45) is 4.39. The maximum Gasteiger partial charge on any atom is 0.272 e. The Morgan fingerprint density at radius 1 is 1.40 bits per heavy atom. The molecule has 0 radical (unpaired) electrons. The maximum absolute atomic E-state index is 13.7. The fourth-order valence-corrected chi connectivity index (χ4v) is 6.28. The van der Waals surface area contributed by atoms with Crippen LogP contribution in [-0.4, -0.2) is 25.7 Å². The van der Waals surface area contributed by atoms with Crippen molar-refractivity contribution >= 4 is 21.5 Å². The summed E-state index contributed by atoms with van der Waals surface area (Å²) in [6, 6.07) is 14.1. The number of fused-ring (bicyclic) bond motifs is 1. The van der Waals surface area contributed by atoms with Gasteiger partial charge in [-0.1, -0.05) is 37.3 Å². The number of rotatable bonds is 6. The van der Waals surface area contributed by atoms with E-state index in [9.17, 15) is 13.4 Å². The third-order valence-corrected chi connectivity index (χ3v) is 7.98. The lowest BCUT2D eigenvalue weighted by Crippen LogP contribution is -2.37. The minimum absolute atomic E-state index is 0.0970. The number of aryl methyl sites for hydroxylation is 2. The van der Waals surface area contributed by atoms with Gasteiger partial charge in [0.2, 0.25) is 5.95 Å². The lowest BCUT2D eigenvalue weighted by Gasteiger charge is -2.24. The van der Waals surface area contributed by atoms with E-state index in [2.05, 4.69) is 34.1 Å². The highest BCUT2D eigenvalue weighted by molar-refractivity contribution is 7.90. The van der Waals surface area contributed by atoms with Gasteiger partial charge in [0.15, 0.2) is 0 Å². The van der Waals surface area contributed by atoms with Gasteiger partial charge in [0, 0.05) is 36.6 Å². The fourth-order valence-electron chi connectivity index (χ4n) is 4.53. The topological polar surface area (TPSA) is 124 Å². The normalized spacial score (nSPS) is 20.3. The van der Waals surface area contributed by atoms with Crippen molar-refractivity contribution in [1.29, 1.82) is 10.0 Å². The van der Waals surface area contributed by atoms with Crippen molar-refractivity contribution < 1.29 is 13.4 Å². The van der Waals surface area contributed by atoms with Crippen LogP contribution in [0.1, 0.15) is 47.1 Å². The molecule has 3 aromatic rings. The SMILES string of the molecule is C[C@@H](CCc1ccccc1)[C@H]1CCc2c(cn(C)c2C(=O)Nc2cc(F)nc(C#N)c2)S(=N)(=O)N1. The summed E-state index contributed by atoms with van der Waals surface area (Å²) in [5, 5.41) is 11.6. The lowest BCUT2D eigenvalue weighted by atomic mass is 9.91. The number of halogens is 1. The van der Waals surface area contributed by atoms with Crippen LogP contribution in [0.5, 0.6) is 0 Å². The lowest BCUT2D eigenvalue weighted by molar-refractivity contribution is 0.101. The van der Waals surface area contributed by atoms with E-state index in [1.165, 1.54) is 16.2 Å². The second-order valence-corrected chi connectivity index (χ2v) is 10.7. The first kappa shape index (κ1) is 24.6. The number of pyridine rings is 1. The molecule has 1 unspecified atom stereocenters. The molecule has 2 aromatic heterocycles. The molecule has 0 saturated carbocycles. The van der Waals surface area contributed by atoms with Crippen LogP contribution in [0.4, 0.5) is 10.1 Å². The molecule has 1 aliphatic heterocycles. The van der Waals surface area contributed by atoms with Crippen molar-refractivity contribution in [1.82, 2.24) is 14.3 Å². The Kier molecular flexibility index (Phi) is 7.00. The molecule has 1 aromatic carbocycles. The summed E-state index contributed by atoms with van der Waals surface area (Å²) in [6.45, 7) is 2.09. The Bertz CT molecular complexity index is 1400. The summed E-state index contributed by atoms with van der Waals surface area (Å²) in [7, 11) is -1.70. The molecule has 0 saturated heterocycles. The van der Waals surface area contributed by atoms with Gasteiger partial charge >= 0.3 is 0 Å². The van der Waals surface area contributed by atoms with Crippen molar-refractivity contribution in [3.05, 3.63) is 77.1 Å². The predicted octanol–water partition coefficient (Wildman–Crippen LogP) is 4.18. The van der Waals surface area contributed by atoms with Gasteiger partial charge in [-0.2, -0.15) is 9.65 Å². The Hall–Kier alpha value is -3.55. The van der Waals surface area contributed by atoms with E-state index in [1.807, 2.05) is 18.2 Å². The third kappa shape index (κ3) is 5.42. The molecule has 8 nitrogen and oxygen atoms in total. The van der Waals surface area contributed by atoms with E-state index in [-0.39, 0.29) is 29.0 Å². The average Bonchev–Trinajstić information content (AvgIpc) is 3.11. The van der Waals surface area contributed by atoms with Crippen LogP contribution in [-0.2, 0) is 29.8 Å². The molecule has 3 heterocycles. The Morgan fingerprint density at radius 2 is 2.14 bits per heavy atom.